The van der Waals surface area contributed by atoms with E-state index in [1.807, 2.05) is 6.07 Å². The fraction of sp³-hybridized carbons (Fsp3) is 0.638. The summed E-state index contributed by atoms with van der Waals surface area (Å²) in [6.07, 6.45) is -0.571. The standard InChI is InChI=1S/C56H83N13O13S.C2HF3O2/c57-19-5-14-37(60)48(73)63-38(15-6-20-58)52(77)66-22-8-18-43(66)54(79)68-30-35(71)26-44(68)50(75)61-28-47(72)62-40(27-36-13-9-23-83-36)49(74)65-41(31-70)53(78)67-29-34-12-2-1-10-32(34)24-46(67)55(80)69-42-17-4-3-11-33(42)25-45(69)51(76)64-39(56(81)82)16-7-21-59;3-2(4,5)1(6)7/h1-2,9-10,12-13,23,33,35,37-46,70-71H,3-8,11,14-22,24-31,57-60H2,(H,61,75)(H,62,72)(H,63,73)(H,64,76)(H,65,74)(H,81,82);(H,6,7)/t33-,35+,37+,38-,39-,40-,41-,42-,43-,44-,45-,46+;/m0./s1. The molecule has 7 rings (SSSR count). The predicted molar refractivity (Wildman–Crippen MR) is 316 cm³/mol. The van der Waals surface area contributed by atoms with Crippen LogP contribution >= 0.6 is 11.3 Å². The van der Waals surface area contributed by atoms with Gasteiger partial charge in [0.05, 0.1) is 25.3 Å². The van der Waals surface area contributed by atoms with Crippen LogP contribution in [0.1, 0.15) is 106 Å². The molecule has 2 aromatic rings. The summed E-state index contributed by atoms with van der Waals surface area (Å²) < 4.78 is 31.7. The second-order valence-electron chi connectivity index (χ2n) is 23.2. The number of rotatable bonds is 27. The Labute approximate surface area is 521 Å². The number of carbonyl (C=O) groups excluding carboxylic acids is 9. The zero-order valence-electron chi connectivity index (χ0n) is 49.9. The van der Waals surface area contributed by atoms with Crippen LogP contribution < -0.4 is 49.5 Å². The van der Waals surface area contributed by atoms with Gasteiger partial charge in [-0.1, -0.05) is 43.2 Å². The summed E-state index contributed by atoms with van der Waals surface area (Å²) in [7, 11) is 0. The van der Waals surface area contributed by atoms with Crippen molar-refractivity contribution >= 4 is 76.4 Å². The Morgan fingerprint density at radius 1 is 0.656 bits per heavy atom. The minimum atomic E-state index is -5.08. The summed E-state index contributed by atoms with van der Waals surface area (Å²) in [6.45, 7) is -0.961. The van der Waals surface area contributed by atoms with Gasteiger partial charge < -0.3 is 89.5 Å². The van der Waals surface area contributed by atoms with Crippen molar-refractivity contribution in [3.8, 4) is 0 Å². The van der Waals surface area contributed by atoms with E-state index in [0.717, 1.165) is 24.8 Å². The molecule has 12 atom stereocenters. The molecule has 4 aliphatic heterocycles. The van der Waals surface area contributed by atoms with Gasteiger partial charge in [-0.3, -0.25) is 43.2 Å². The number of hydrogen-bond acceptors (Lipinski definition) is 18. The number of nitrogens with one attached hydrogen (secondary N) is 5. The molecule has 1 aromatic carbocycles. The molecule has 0 unspecified atom stereocenters. The Kier molecular flexibility index (Phi) is 26.8. The van der Waals surface area contributed by atoms with Crippen molar-refractivity contribution < 1.29 is 86.3 Å². The molecule has 498 valence electrons. The first-order valence-electron chi connectivity index (χ1n) is 30.3. The van der Waals surface area contributed by atoms with Crippen LogP contribution in [0.25, 0.3) is 0 Å². The van der Waals surface area contributed by atoms with E-state index in [-0.39, 0.29) is 83.2 Å². The highest BCUT2D eigenvalue weighted by atomic mass is 32.1. The van der Waals surface area contributed by atoms with Gasteiger partial charge in [-0.2, -0.15) is 13.2 Å². The number of alkyl halides is 3. The lowest BCUT2D eigenvalue weighted by atomic mass is 9.84. The Morgan fingerprint density at radius 3 is 1.92 bits per heavy atom. The first kappa shape index (κ1) is 71.7. The highest BCUT2D eigenvalue weighted by Crippen LogP contribution is 2.41. The quantitative estimate of drug-likeness (QED) is 0.0446. The summed E-state index contributed by atoms with van der Waals surface area (Å²) in [5, 5.41) is 53.6. The maximum Gasteiger partial charge on any atom is 0.490 e. The molecular formula is C58H84F3N13O15S. The summed E-state index contributed by atoms with van der Waals surface area (Å²) in [5.74, 6) is -10.1. The monoisotopic (exact) mass is 1290 g/mol. The molecule has 4 fully saturated rings. The molecule has 0 bridgehead atoms. The number of nitrogens with two attached hydrogens (primary N) is 4. The molecule has 0 radical (unpaired) electrons. The van der Waals surface area contributed by atoms with Crippen molar-refractivity contribution in [1.29, 1.82) is 0 Å². The minimum Gasteiger partial charge on any atom is -0.480 e. The lowest BCUT2D eigenvalue weighted by Gasteiger charge is -2.42. The number of carboxylic acid groups (broad SMARTS) is 2. The highest BCUT2D eigenvalue weighted by Gasteiger charge is 2.52. The predicted octanol–water partition coefficient (Wildman–Crippen LogP) is -2.33. The van der Waals surface area contributed by atoms with Gasteiger partial charge in [-0.25, -0.2) is 9.59 Å². The third-order valence-corrected chi connectivity index (χ3v) is 17.8. The molecule has 9 amide bonds. The third kappa shape index (κ3) is 18.9. The van der Waals surface area contributed by atoms with Crippen molar-refractivity contribution in [3.05, 3.63) is 57.8 Å². The van der Waals surface area contributed by atoms with Crippen LogP contribution in [0.15, 0.2) is 41.8 Å². The normalized spacial score (nSPS) is 22.9. The zero-order valence-corrected chi connectivity index (χ0v) is 50.7. The first-order valence-corrected chi connectivity index (χ1v) is 31.2. The number of benzene rings is 1. The van der Waals surface area contributed by atoms with Crippen molar-refractivity contribution in [1.82, 2.24) is 46.2 Å². The second-order valence-corrected chi connectivity index (χ2v) is 24.2. The molecule has 28 nitrogen and oxygen atoms in total. The van der Waals surface area contributed by atoms with Crippen LogP contribution in [0, 0.1) is 5.92 Å². The fourth-order valence-electron chi connectivity index (χ4n) is 12.3. The van der Waals surface area contributed by atoms with Gasteiger partial charge in [-0.05, 0) is 119 Å². The van der Waals surface area contributed by atoms with Gasteiger partial charge >= 0.3 is 18.1 Å². The zero-order chi connectivity index (χ0) is 66.0. The molecule has 0 spiro atoms. The number of β-amino-alcohol motifs (C(OH)–C–C–N with tert-alkyl or cyclic N) is 1. The molecule has 1 aromatic heterocycles. The van der Waals surface area contributed by atoms with E-state index in [1.165, 1.54) is 30.9 Å². The van der Waals surface area contributed by atoms with Crippen LogP contribution in [-0.4, -0.2) is 224 Å². The number of thiophene rings is 1. The number of aliphatic hydroxyl groups is 2. The van der Waals surface area contributed by atoms with Crippen molar-refractivity contribution in [2.45, 2.75) is 182 Å². The number of amides is 9. The lowest BCUT2D eigenvalue weighted by Crippen LogP contribution is -2.63. The van der Waals surface area contributed by atoms with Crippen LogP contribution in [0.3, 0.4) is 0 Å². The van der Waals surface area contributed by atoms with Gasteiger partial charge in [-0.15, -0.1) is 11.3 Å². The molecular weight excluding hydrogens is 1210 g/mol. The average Bonchev–Trinajstić information content (AvgIpc) is 1.48. The Balaban J connectivity index is 0.00000174. The molecule has 17 N–H and O–H groups in total. The third-order valence-electron chi connectivity index (χ3n) is 16.9. The molecule has 5 aliphatic rings. The van der Waals surface area contributed by atoms with E-state index in [1.54, 1.807) is 35.7 Å². The number of carbonyl (C=O) groups is 11. The summed E-state index contributed by atoms with van der Waals surface area (Å²) >= 11 is 1.29. The molecule has 1 aliphatic carbocycles. The van der Waals surface area contributed by atoms with E-state index < -0.39 is 145 Å². The molecule has 32 heteroatoms. The largest absolute Gasteiger partial charge is 0.490 e. The lowest BCUT2D eigenvalue weighted by molar-refractivity contribution is -0.192. The minimum absolute atomic E-state index is 0.0416. The van der Waals surface area contributed by atoms with E-state index >= 15 is 4.79 Å². The first-order chi connectivity index (χ1) is 42.8. The fourth-order valence-corrected chi connectivity index (χ4v) is 13.1. The summed E-state index contributed by atoms with van der Waals surface area (Å²) in [4.78, 5) is 155. The molecule has 3 saturated heterocycles. The molecule has 1 saturated carbocycles. The van der Waals surface area contributed by atoms with Crippen LogP contribution in [-0.2, 0) is 72.1 Å². The van der Waals surface area contributed by atoms with Crippen LogP contribution in [0.5, 0.6) is 0 Å². The van der Waals surface area contributed by atoms with Gasteiger partial charge in [0.1, 0.15) is 48.3 Å². The SMILES string of the molecule is NCCC[C@@H](N)C(=O)N[C@@H](CCCN)C(=O)N1CCC[C@H]1C(=O)N1C[C@H](O)C[C@H]1C(=O)NCC(=O)N[C@@H](Cc1cccs1)C(=O)N[C@@H](CO)C(=O)N1Cc2ccccc2C[C@@H]1C(=O)N1[C@H](C(=O)N[C@@H](CCCN)C(=O)O)C[C@@H]2CCCC[C@@H]21.O=C(O)C(F)(F)F. The highest BCUT2D eigenvalue weighted by molar-refractivity contribution is 7.09. The van der Waals surface area contributed by atoms with Gasteiger partial charge in [0, 0.05) is 49.8 Å². The Morgan fingerprint density at radius 2 is 1.29 bits per heavy atom. The maximum atomic E-state index is 15.2. The number of carboxylic acids is 2. The number of halogens is 3. The molecule has 90 heavy (non-hydrogen) atoms. The Bertz CT molecular complexity index is 2860. The van der Waals surface area contributed by atoms with E-state index in [4.69, 9.17) is 32.8 Å². The van der Waals surface area contributed by atoms with Crippen LogP contribution in [0.4, 0.5) is 13.2 Å². The van der Waals surface area contributed by atoms with Gasteiger partial charge in [0.25, 0.3) is 0 Å². The van der Waals surface area contributed by atoms with Gasteiger partial charge in [0.15, 0.2) is 0 Å². The van der Waals surface area contributed by atoms with Crippen LogP contribution in [0.2, 0.25) is 0 Å². The summed E-state index contributed by atoms with van der Waals surface area (Å²) in [6, 6.07) is -0.330. The average molecular weight is 1290 g/mol. The van der Waals surface area contributed by atoms with E-state index in [9.17, 15) is 71.6 Å². The number of nitrogens with zero attached hydrogens (tertiary/aromatic N) is 4. The number of likely N-dealkylation sites (tertiary alicyclic amines) is 3. The number of hydrogen-bond donors (Lipinski definition) is 13. The van der Waals surface area contributed by atoms with E-state index in [2.05, 4.69) is 26.6 Å². The maximum absolute atomic E-state index is 15.2. The van der Waals surface area contributed by atoms with Crippen molar-refractivity contribution in [2.24, 2.45) is 28.9 Å². The number of fused-ring (bicyclic) bond motifs is 2. The Hall–Kier alpha value is -7.36. The second kappa shape index (κ2) is 33.6. The smallest absolute Gasteiger partial charge is 0.480 e. The topological polar surface area (TPSA) is 446 Å². The van der Waals surface area contributed by atoms with Crippen molar-refractivity contribution in [3.63, 3.8) is 0 Å². The number of aliphatic hydroxyl groups excluding tert-OH is 2. The van der Waals surface area contributed by atoms with Crippen molar-refractivity contribution in [2.75, 3.05) is 45.9 Å². The number of aliphatic carboxylic acids is 2. The summed E-state index contributed by atoms with van der Waals surface area (Å²) in [5.41, 5.74) is 24.6. The van der Waals surface area contributed by atoms with Gasteiger partial charge in [0.2, 0.25) is 53.2 Å². The van der Waals surface area contributed by atoms with E-state index in [0.29, 0.717) is 61.9 Å². The molecule has 5 heterocycles.